The van der Waals surface area contributed by atoms with E-state index >= 15 is 0 Å². The number of rotatable bonds is 4. The molecule has 4 heteroatoms. The molecule has 1 aromatic rings. The summed E-state index contributed by atoms with van der Waals surface area (Å²) in [4.78, 5) is 12.7. The van der Waals surface area contributed by atoms with Crippen LogP contribution in [0.5, 0.6) is 0 Å². The number of amides is 1. The number of methoxy groups -OCH3 is 1. The molecular weight excluding hydrogens is 264 g/mol. The highest BCUT2D eigenvalue weighted by atomic mass is 16.5. The molecule has 0 bridgehead atoms. The Morgan fingerprint density at radius 1 is 1.33 bits per heavy atom. The monoisotopic (exact) mass is 290 g/mol. The van der Waals surface area contributed by atoms with Gasteiger partial charge in [0.15, 0.2) is 0 Å². The summed E-state index contributed by atoms with van der Waals surface area (Å²) < 4.78 is 5.58. The van der Waals surface area contributed by atoms with E-state index in [1.807, 2.05) is 13.0 Å². The van der Waals surface area contributed by atoms with Crippen molar-refractivity contribution in [2.24, 2.45) is 0 Å². The van der Waals surface area contributed by atoms with Crippen LogP contribution < -0.4 is 10.6 Å². The predicted octanol–water partition coefficient (Wildman–Crippen LogP) is 2.25. The van der Waals surface area contributed by atoms with Crippen LogP contribution in [0.1, 0.15) is 42.5 Å². The maximum atomic E-state index is 12.7. The fourth-order valence-corrected chi connectivity index (χ4v) is 3.00. The van der Waals surface area contributed by atoms with E-state index in [0.717, 1.165) is 25.9 Å². The summed E-state index contributed by atoms with van der Waals surface area (Å²) in [5.74, 6) is -0.0000869. The lowest BCUT2D eigenvalue weighted by molar-refractivity contribution is -0.147. The van der Waals surface area contributed by atoms with Crippen LogP contribution in [-0.4, -0.2) is 31.7 Å². The second-order valence-electron chi connectivity index (χ2n) is 5.93. The van der Waals surface area contributed by atoms with Crippen LogP contribution in [0.25, 0.3) is 0 Å². The van der Waals surface area contributed by atoms with E-state index in [-0.39, 0.29) is 11.9 Å². The SMILES string of the molecule is COC1(C(=O)NC(C)c2cccc(C)c2C)CCNCC1. The fourth-order valence-electron chi connectivity index (χ4n) is 3.00. The van der Waals surface area contributed by atoms with E-state index in [4.69, 9.17) is 4.74 Å². The summed E-state index contributed by atoms with van der Waals surface area (Å²) in [6.45, 7) is 7.86. The number of carbonyl (C=O) groups excluding carboxylic acids is 1. The zero-order valence-electron chi connectivity index (χ0n) is 13.5. The standard InChI is InChI=1S/C17H26N2O2/c1-12-6-5-7-15(13(12)2)14(3)19-16(20)17(21-4)8-10-18-11-9-17/h5-7,14,18H,8-11H2,1-4H3,(H,19,20). The number of nitrogens with one attached hydrogen (secondary N) is 2. The van der Waals surface area contributed by atoms with Gasteiger partial charge in [0, 0.05) is 7.11 Å². The van der Waals surface area contributed by atoms with E-state index in [2.05, 4.69) is 36.6 Å². The van der Waals surface area contributed by atoms with Gasteiger partial charge >= 0.3 is 0 Å². The maximum absolute atomic E-state index is 12.7. The molecule has 1 aliphatic heterocycles. The highest BCUT2D eigenvalue weighted by Crippen LogP contribution is 2.25. The van der Waals surface area contributed by atoms with Gasteiger partial charge in [0.05, 0.1) is 6.04 Å². The summed E-state index contributed by atoms with van der Waals surface area (Å²) >= 11 is 0. The van der Waals surface area contributed by atoms with E-state index in [1.54, 1.807) is 7.11 Å². The van der Waals surface area contributed by atoms with Crippen LogP contribution in [0.4, 0.5) is 0 Å². The van der Waals surface area contributed by atoms with Crippen molar-refractivity contribution in [1.82, 2.24) is 10.6 Å². The number of hydrogen-bond donors (Lipinski definition) is 2. The minimum Gasteiger partial charge on any atom is -0.368 e. The van der Waals surface area contributed by atoms with Gasteiger partial charge < -0.3 is 15.4 Å². The molecule has 0 spiro atoms. The van der Waals surface area contributed by atoms with Crippen LogP contribution >= 0.6 is 0 Å². The molecule has 0 saturated carbocycles. The van der Waals surface area contributed by atoms with Gasteiger partial charge in [0.2, 0.25) is 0 Å². The normalized spacial score (nSPS) is 19.0. The molecule has 1 unspecified atom stereocenters. The van der Waals surface area contributed by atoms with Gasteiger partial charge in [0.25, 0.3) is 5.91 Å². The first-order valence-electron chi connectivity index (χ1n) is 7.63. The lowest BCUT2D eigenvalue weighted by Crippen LogP contribution is -2.54. The number of aryl methyl sites for hydroxylation is 1. The van der Waals surface area contributed by atoms with Gasteiger partial charge in [-0.1, -0.05) is 18.2 Å². The van der Waals surface area contributed by atoms with Gasteiger partial charge in [-0.15, -0.1) is 0 Å². The maximum Gasteiger partial charge on any atom is 0.252 e. The molecule has 1 amide bonds. The van der Waals surface area contributed by atoms with Crippen molar-refractivity contribution >= 4 is 5.91 Å². The number of hydrogen-bond acceptors (Lipinski definition) is 3. The van der Waals surface area contributed by atoms with Crippen LogP contribution in [0.2, 0.25) is 0 Å². The average molecular weight is 290 g/mol. The first-order chi connectivity index (χ1) is 10.00. The zero-order chi connectivity index (χ0) is 15.5. The molecule has 0 radical (unpaired) electrons. The minimum atomic E-state index is -0.683. The Morgan fingerprint density at radius 2 is 2.00 bits per heavy atom. The third-order valence-corrected chi connectivity index (χ3v) is 4.68. The van der Waals surface area contributed by atoms with Gasteiger partial charge in [0.1, 0.15) is 5.60 Å². The number of carbonyl (C=O) groups is 1. The average Bonchev–Trinajstić information content (AvgIpc) is 2.50. The first-order valence-corrected chi connectivity index (χ1v) is 7.63. The molecule has 2 rings (SSSR count). The van der Waals surface area contributed by atoms with Crippen molar-refractivity contribution in [2.45, 2.75) is 45.3 Å². The second-order valence-corrected chi connectivity index (χ2v) is 5.93. The van der Waals surface area contributed by atoms with Crippen molar-refractivity contribution < 1.29 is 9.53 Å². The smallest absolute Gasteiger partial charge is 0.252 e. The minimum absolute atomic E-state index is 0.0000869. The molecule has 2 N–H and O–H groups in total. The molecule has 0 aliphatic carbocycles. The molecule has 1 aromatic carbocycles. The van der Waals surface area contributed by atoms with Crippen molar-refractivity contribution in [2.75, 3.05) is 20.2 Å². The third-order valence-electron chi connectivity index (χ3n) is 4.68. The van der Waals surface area contributed by atoms with E-state index < -0.39 is 5.60 Å². The van der Waals surface area contributed by atoms with Gasteiger partial charge in [-0.05, 0) is 63.4 Å². The second kappa shape index (κ2) is 6.58. The summed E-state index contributed by atoms with van der Waals surface area (Å²) in [5, 5.41) is 6.40. The summed E-state index contributed by atoms with van der Waals surface area (Å²) in [5.41, 5.74) is 2.97. The molecule has 1 atom stereocenters. The summed E-state index contributed by atoms with van der Waals surface area (Å²) in [6.07, 6.45) is 1.43. The molecule has 1 aliphatic rings. The largest absolute Gasteiger partial charge is 0.368 e. The number of ether oxygens (including phenoxy) is 1. The highest BCUT2D eigenvalue weighted by molar-refractivity contribution is 5.85. The van der Waals surface area contributed by atoms with Crippen LogP contribution in [0.3, 0.4) is 0 Å². The molecule has 0 aromatic heterocycles. The van der Waals surface area contributed by atoms with Gasteiger partial charge in [-0.25, -0.2) is 0 Å². The Labute approximate surface area is 127 Å². The molecule has 1 saturated heterocycles. The summed E-state index contributed by atoms with van der Waals surface area (Å²) in [6, 6.07) is 6.20. The van der Waals surface area contributed by atoms with Crippen LogP contribution in [0, 0.1) is 13.8 Å². The Bertz CT molecular complexity index is 508. The molecule has 1 fully saturated rings. The fraction of sp³-hybridized carbons (Fsp3) is 0.588. The predicted molar refractivity (Wildman–Crippen MR) is 84.3 cm³/mol. The molecule has 21 heavy (non-hydrogen) atoms. The van der Waals surface area contributed by atoms with Crippen LogP contribution in [0.15, 0.2) is 18.2 Å². The third kappa shape index (κ3) is 3.27. The van der Waals surface area contributed by atoms with Crippen LogP contribution in [-0.2, 0) is 9.53 Å². The molecular formula is C17H26N2O2. The van der Waals surface area contributed by atoms with Crippen molar-refractivity contribution in [3.8, 4) is 0 Å². The zero-order valence-corrected chi connectivity index (χ0v) is 13.5. The molecule has 116 valence electrons. The number of piperidine rings is 1. The van der Waals surface area contributed by atoms with Gasteiger partial charge in [-0.3, -0.25) is 4.79 Å². The topological polar surface area (TPSA) is 50.4 Å². The van der Waals surface area contributed by atoms with Crippen molar-refractivity contribution in [1.29, 1.82) is 0 Å². The van der Waals surface area contributed by atoms with Crippen molar-refractivity contribution in [3.05, 3.63) is 34.9 Å². The Balaban J connectivity index is 2.12. The van der Waals surface area contributed by atoms with Gasteiger partial charge in [-0.2, -0.15) is 0 Å². The molecule has 4 nitrogen and oxygen atoms in total. The lowest BCUT2D eigenvalue weighted by atomic mass is 9.90. The first kappa shape index (κ1) is 16.0. The van der Waals surface area contributed by atoms with E-state index in [0.29, 0.717) is 0 Å². The summed E-state index contributed by atoms with van der Waals surface area (Å²) in [7, 11) is 1.63. The quantitative estimate of drug-likeness (QED) is 0.894. The Morgan fingerprint density at radius 3 is 2.62 bits per heavy atom. The Hall–Kier alpha value is -1.39. The van der Waals surface area contributed by atoms with Crippen molar-refractivity contribution in [3.63, 3.8) is 0 Å². The number of benzene rings is 1. The Kier molecular flexibility index (Phi) is 5.01. The highest BCUT2D eigenvalue weighted by Gasteiger charge is 2.40. The molecule has 1 heterocycles. The van der Waals surface area contributed by atoms with E-state index in [9.17, 15) is 4.79 Å². The lowest BCUT2D eigenvalue weighted by Gasteiger charge is -2.36. The van der Waals surface area contributed by atoms with E-state index in [1.165, 1.54) is 16.7 Å².